The summed E-state index contributed by atoms with van der Waals surface area (Å²) in [5, 5.41) is 14.4. The van der Waals surface area contributed by atoms with E-state index < -0.39 is 0 Å². The molecule has 0 saturated heterocycles. The highest BCUT2D eigenvalue weighted by Crippen LogP contribution is 2.00. The van der Waals surface area contributed by atoms with E-state index in [1.807, 2.05) is 12.1 Å². The topological polar surface area (TPSA) is 35.8 Å². The Kier molecular flexibility index (Phi) is 1.48. The van der Waals surface area contributed by atoms with Gasteiger partial charge in [-0.25, -0.2) is 0 Å². The van der Waals surface area contributed by atoms with Gasteiger partial charge in [-0.15, -0.1) is 0 Å². The Hall–Kier alpha value is -0.570. The van der Waals surface area contributed by atoms with Crippen LogP contribution in [-0.4, -0.2) is 36.0 Å². The molecule has 0 aromatic rings. The number of hydrazone groups is 1. The van der Waals surface area contributed by atoms with Gasteiger partial charge in [0.1, 0.15) is 0 Å². The van der Waals surface area contributed by atoms with Crippen molar-refractivity contribution in [3.05, 3.63) is 0 Å². The average molecular weight is 114 g/mol. The third-order valence-corrected chi connectivity index (χ3v) is 1.22. The van der Waals surface area contributed by atoms with Crippen molar-refractivity contribution in [2.45, 2.75) is 6.42 Å². The number of hydrogen-bond acceptors (Lipinski definition) is 3. The smallest absolute Gasteiger partial charge is 0.0832 e. The first-order valence-corrected chi connectivity index (χ1v) is 2.71. The van der Waals surface area contributed by atoms with Crippen LogP contribution in [0.2, 0.25) is 0 Å². The van der Waals surface area contributed by atoms with Crippen molar-refractivity contribution >= 4 is 5.71 Å². The summed E-state index contributed by atoms with van der Waals surface area (Å²) in [7, 11) is 1.91. The summed E-state index contributed by atoms with van der Waals surface area (Å²) in [4.78, 5) is 0. The molecule has 3 heteroatoms. The van der Waals surface area contributed by atoms with Crippen molar-refractivity contribution in [3.8, 4) is 0 Å². The molecule has 3 nitrogen and oxygen atoms in total. The molecule has 0 atom stereocenters. The van der Waals surface area contributed by atoms with Crippen molar-refractivity contribution in [1.82, 2.24) is 5.01 Å². The van der Waals surface area contributed by atoms with Crippen molar-refractivity contribution in [2.24, 2.45) is 5.10 Å². The Balaban J connectivity index is 2.44. The predicted molar refractivity (Wildman–Crippen MR) is 31.8 cm³/mol. The van der Waals surface area contributed by atoms with Crippen LogP contribution in [0.5, 0.6) is 0 Å². The number of nitrogens with zero attached hydrogens (tertiary/aromatic N) is 2. The fraction of sp³-hybridized carbons (Fsp3) is 0.800. The van der Waals surface area contributed by atoms with Crippen molar-refractivity contribution in [3.63, 3.8) is 0 Å². The van der Waals surface area contributed by atoms with Crippen LogP contribution in [0.15, 0.2) is 5.10 Å². The molecule has 0 amide bonds. The molecule has 1 aliphatic heterocycles. The highest BCUT2D eigenvalue weighted by molar-refractivity contribution is 5.86. The lowest BCUT2D eigenvalue weighted by Gasteiger charge is -2.00. The van der Waals surface area contributed by atoms with Gasteiger partial charge >= 0.3 is 0 Å². The summed E-state index contributed by atoms with van der Waals surface area (Å²) < 4.78 is 0. The monoisotopic (exact) mass is 114 g/mol. The Labute approximate surface area is 48.6 Å². The van der Waals surface area contributed by atoms with E-state index in [1.54, 1.807) is 0 Å². The Morgan fingerprint density at radius 1 is 1.88 bits per heavy atom. The molecule has 1 N–H and O–H groups in total. The van der Waals surface area contributed by atoms with Gasteiger partial charge in [0.25, 0.3) is 0 Å². The van der Waals surface area contributed by atoms with E-state index in [4.69, 9.17) is 5.11 Å². The highest BCUT2D eigenvalue weighted by Gasteiger charge is 2.07. The minimum atomic E-state index is 0.115. The molecule has 1 rings (SSSR count). The van der Waals surface area contributed by atoms with Crippen LogP contribution >= 0.6 is 0 Å². The van der Waals surface area contributed by atoms with Crippen LogP contribution in [0.1, 0.15) is 6.42 Å². The van der Waals surface area contributed by atoms with Gasteiger partial charge in [0, 0.05) is 20.0 Å². The van der Waals surface area contributed by atoms with Crippen molar-refractivity contribution in [1.29, 1.82) is 0 Å². The molecule has 0 bridgehead atoms. The van der Waals surface area contributed by atoms with Gasteiger partial charge in [-0.1, -0.05) is 0 Å². The summed E-state index contributed by atoms with van der Waals surface area (Å²) in [6.07, 6.45) is 0.924. The molecule has 0 aliphatic carbocycles. The van der Waals surface area contributed by atoms with E-state index in [9.17, 15) is 0 Å². The molecule has 1 heterocycles. The SMILES string of the molecule is CN1CCC(CO)=N1. The van der Waals surface area contributed by atoms with Gasteiger partial charge in [-0.3, -0.25) is 5.01 Å². The molecule has 0 aromatic carbocycles. The Morgan fingerprint density at radius 2 is 2.62 bits per heavy atom. The second-order valence-electron chi connectivity index (χ2n) is 1.96. The average Bonchev–Trinajstić information content (AvgIpc) is 2.14. The fourth-order valence-corrected chi connectivity index (χ4v) is 0.743. The lowest BCUT2D eigenvalue weighted by molar-refractivity contribution is 0.354. The van der Waals surface area contributed by atoms with E-state index in [-0.39, 0.29) is 6.61 Å². The van der Waals surface area contributed by atoms with E-state index in [0.717, 1.165) is 18.7 Å². The third kappa shape index (κ3) is 0.980. The molecule has 0 spiro atoms. The quantitative estimate of drug-likeness (QED) is 0.506. The van der Waals surface area contributed by atoms with E-state index in [0.29, 0.717) is 0 Å². The lowest BCUT2D eigenvalue weighted by Crippen LogP contribution is -2.04. The fourth-order valence-electron chi connectivity index (χ4n) is 0.743. The zero-order valence-corrected chi connectivity index (χ0v) is 4.96. The van der Waals surface area contributed by atoms with E-state index in [1.165, 1.54) is 0 Å². The second-order valence-corrected chi connectivity index (χ2v) is 1.96. The molecule has 0 fully saturated rings. The number of aliphatic hydroxyl groups is 1. The molecule has 0 radical (unpaired) electrons. The van der Waals surface area contributed by atoms with Crippen molar-refractivity contribution < 1.29 is 5.11 Å². The standard InChI is InChI=1S/C5H10N2O/c1-7-3-2-5(4-8)6-7/h8H,2-4H2,1H3. The summed E-state index contributed by atoms with van der Waals surface area (Å²) in [6, 6.07) is 0. The van der Waals surface area contributed by atoms with Crippen LogP contribution in [-0.2, 0) is 0 Å². The lowest BCUT2D eigenvalue weighted by atomic mass is 10.3. The summed E-state index contributed by atoms with van der Waals surface area (Å²) in [6.45, 7) is 1.07. The molecular formula is C5H10N2O. The zero-order valence-electron chi connectivity index (χ0n) is 4.96. The van der Waals surface area contributed by atoms with Gasteiger partial charge in [0.15, 0.2) is 0 Å². The number of aliphatic hydroxyl groups excluding tert-OH is 1. The second kappa shape index (κ2) is 2.13. The maximum atomic E-state index is 8.53. The first-order valence-electron chi connectivity index (χ1n) is 2.71. The normalized spacial score (nSPS) is 19.2. The first-order chi connectivity index (χ1) is 3.83. The number of rotatable bonds is 1. The molecule has 8 heavy (non-hydrogen) atoms. The van der Waals surface area contributed by atoms with Gasteiger partial charge in [0.05, 0.1) is 12.3 Å². The minimum Gasteiger partial charge on any atom is -0.390 e. The van der Waals surface area contributed by atoms with Gasteiger partial charge in [0.2, 0.25) is 0 Å². The molecule has 0 unspecified atom stereocenters. The molecule has 0 saturated carbocycles. The largest absolute Gasteiger partial charge is 0.390 e. The number of hydrogen-bond donors (Lipinski definition) is 1. The molecule has 1 aliphatic rings. The van der Waals surface area contributed by atoms with E-state index >= 15 is 0 Å². The third-order valence-electron chi connectivity index (χ3n) is 1.22. The van der Waals surface area contributed by atoms with Crippen LogP contribution in [0.4, 0.5) is 0 Å². The van der Waals surface area contributed by atoms with Gasteiger partial charge < -0.3 is 5.11 Å². The minimum absolute atomic E-state index is 0.115. The van der Waals surface area contributed by atoms with Gasteiger partial charge in [-0.2, -0.15) is 5.10 Å². The summed E-state index contributed by atoms with van der Waals surface area (Å²) in [5.41, 5.74) is 0.896. The predicted octanol–water partition coefficient (Wildman–Crippen LogP) is -0.330. The Bertz CT molecular complexity index is 111. The van der Waals surface area contributed by atoms with Crippen molar-refractivity contribution in [2.75, 3.05) is 20.2 Å². The maximum Gasteiger partial charge on any atom is 0.0832 e. The van der Waals surface area contributed by atoms with Gasteiger partial charge in [-0.05, 0) is 0 Å². The van der Waals surface area contributed by atoms with E-state index in [2.05, 4.69) is 5.10 Å². The zero-order chi connectivity index (χ0) is 5.98. The molecule has 46 valence electrons. The molecular weight excluding hydrogens is 104 g/mol. The summed E-state index contributed by atoms with van der Waals surface area (Å²) in [5.74, 6) is 0. The molecule has 0 aromatic heterocycles. The highest BCUT2D eigenvalue weighted by atomic mass is 16.3. The maximum absolute atomic E-state index is 8.53. The summed E-state index contributed by atoms with van der Waals surface area (Å²) >= 11 is 0. The van der Waals surface area contributed by atoms with Crippen LogP contribution in [0.25, 0.3) is 0 Å². The van der Waals surface area contributed by atoms with Crippen LogP contribution in [0, 0.1) is 0 Å². The Morgan fingerprint density at radius 3 is 2.88 bits per heavy atom. The van der Waals surface area contributed by atoms with Crippen LogP contribution < -0.4 is 0 Å². The first kappa shape index (κ1) is 5.56. The van der Waals surface area contributed by atoms with Crippen LogP contribution in [0.3, 0.4) is 0 Å².